The zero-order valence-electron chi connectivity index (χ0n) is 10.4. The van der Waals surface area contributed by atoms with Crippen LogP contribution in [-0.2, 0) is 24.9 Å². The summed E-state index contributed by atoms with van der Waals surface area (Å²) in [6.07, 6.45) is 5.90. The lowest BCUT2D eigenvalue weighted by molar-refractivity contribution is -0.689. The number of hydrogen-bond donors (Lipinski definition) is 1. The Labute approximate surface area is 105 Å². The third-order valence-corrected chi connectivity index (χ3v) is 2.56. The molecule has 0 aromatic carbocycles. The summed E-state index contributed by atoms with van der Waals surface area (Å²) in [5.41, 5.74) is 1.26. The number of aromatic nitrogens is 5. The first kappa shape index (κ1) is 12.6. The molecule has 0 aliphatic carbocycles. The van der Waals surface area contributed by atoms with Gasteiger partial charge in [0.25, 0.3) is 0 Å². The Bertz CT molecular complexity index is 481. The van der Waals surface area contributed by atoms with Gasteiger partial charge in [0.15, 0.2) is 12.4 Å². The maximum absolute atomic E-state index is 4.98. The Morgan fingerprint density at radius 1 is 1.39 bits per heavy atom. The molecule has 0 spiro atoms. The minimum Gasteiger partial charge on any atom is -0.305 e. The van der Waals surface area contributed by atoms with Gasteiger partial charge < -0.3 is 4.84 Å². The van der Waals surface area contributed by atoms with Crippen molar-refractivity contribution in [2.24, 2.45) is 12.9 Å². The first-order valence-corrected chi connectivity index (χ1v) is 5.80. The van der Waals surface area contributed by atoms with Gasteiger partial charge in [0.2, 0.25) is 12.4 Å². The number of tetrazole rings is 1. The van der Waals surface area contributed by atoms with E-state index in [9.17, 15) is 0 Å². The number of rotatable bonds is 6. The highest BCUT2D eigenvalue weighted by Crippen LogP contribution is 2.00. The Hall–Kier alpha value is -1.86. The number of nitrogens with zero attached hydrogens (tertiary/aromatic N) is 5. The minimum absolute atomic E-state index is 0.582. The molecule has 2 aromatic heterocycles. The molecule has 0 saturated heterocycles. The van der Waals surface area contributed by atoms with Gasteiger partial charge in [-0.3, -0.25) is 0 Å². The molecule has 0 bridgehead atoms. The lowest BCUT2D eigenvalue weighted by Crippen LogP contribution is -2.33. The van der Waals surface area contributed by atoms with Crippen molar-refractivity contribution < 1.29 is 9.40 Å². The van der Waals surface area contributed by atoms with Gasteiger partial charge in [0.1, 0.15) is 0 Å². The second-order valence-corrected chi connectivity index (χ2v) is 4.05. The van der Waals surface area contributed by atoms with Gasteiger partial charge in [0, 0.05) is 12.1 Å². The van der Waals surface area contributed by atoms with Crippen molar-refractivity contribution in [1.82, 2.24) is 20.2 Å². The minimum atomic E-state index is 0.582. The van der Waals surface area contributed by atoms with Crippen molar-refractivity contribution in [3.05, 3.63) is 35.9 Å². The molecule has 2 heterocycles. The maximum Gasteiger partial charge on any atom is 0.239 e. The molecule has 2 rings (SSSR count). The number of hydrogen-bond acceptors (Lipinski definition) is 5. The van der Waals surface area contributed by atoms with Crippen molar-refractivity contribution in [2.45, 2.75) is 19.4 Å². The van der Waals surface area contributed by atoms with Gasteiger partial charge in [-0.15, -0.1) is 10.2 Å². The highest BCUT2D eigenvalue weighted by molar-refractivity contribution is 5.07. The number of pyridine rings is 1. The Balaban J connectivity index is 1.91. The van der Waals surface area contributed by atoms with Crippen LogP contribution in [0.4, 0.5) is 0 Å². The molecule has 0 amide bonds. The number of nitrogens with two attached hydrogens (primary N) is 1. The largest absolute Gasteiger partial charge is 0.305 e. The van der Waals surface area contributed by atoms with Gasteiger partial charge in [0.05, 0.1) is 13.7 Å². The second-order valence-electron chi connectivity index (χ2n) is 4.05. The van der Waals surface area contributed by atoms with E-state index in [1.54, 1.807) is 7.05 Å². The first-order valence-electron chi connectivity index (χ1n) is 5.80. The summed E-state index contributed by atoms with van der Waals surface area (Å²) in [5, 5.41) is 11.9. The van der Waals surface area contributed by atoms with Crippen LogP contribution in [0.2, 0.25) is 0 Å². The van der Waals surface area contributed by atoms with E-state index in [0.29, 0.717) is 19.0 Å². The van der Waals surface area contributed by atoms with E-state index in [1.807, 2.05) is 17.0 Å². The molecule has 18 heavy (non-hydrogen) atoms. The molecule has 0 saturated carbocycles. The van der Waals surface area contributed by atoms with Gasteiger partial charge >= 0.3 is 0 Å². The fourth-order valence-corrected chi connectivity index (χ4v) is 1.67. The average molecular weight is 249 g/mol. The van der Waals surface area contributed by atoms with E-state index < -0.39 is 0 Å². The summed E-state index contributed by atoms with van der Waals surface area (Å²) in [4.78, 5) is 5.99. The molecule has 0 atom stereocenters. The molecular formula is C11H17N6O+. The maximum atomic E-state index is 4.98. The molecule has 0 aliphatic heterocycles. The van der Waals surface area contributed by atoms with Crippen LogP contribution < -0.4 is 10.5 Å². The molecule has 2 N–H and O–H groups in total. The van der Waals surface area contributed by atoms with Crippen LogP contribution in [0.5, 0.6) is 0 Å². The molecule has 0 fully saturated rings. The van der Waals surface area contributed by atoms with E-state index in [1.165, 1.54) is 10.4 Å². The lowest BCUT2D eigenvalue weighted by atomic mass is 10.1. The fraction of sp³-hybridized carbons (Fsp3) is 0.455. The molecule has 2 aromatic rings. The van der Waals surface area contributed by atoms with Crippen LogP contribution in [0.25, 0.3) is 0 Å². The number of aryl methyl sites for hydroxylation is 2. The van der Waals surface area contributed by atoms with Crippen LogP contribution in [0.3, 0.4) is 0 Å². The van der Waals surface area contributed by atoms with E-state index >= 15 is 0 Å². The average Bonchev–Trinajstić information content (AvgIpc) is 2.77. The van der Waals surface area contributed by atoms with Crippen molar-refractivity contribution in [3.8, 4) is 0 Å². The smallest absolute Gasteiger partial charge is 0.239 e. The second kappa shape index (κ2) is 6.18. The lowest BCUT2D eigenvalue weighted by Gasteiger charge is -1.99. The van der Waals surface area contributed by atoms with Gasteiger partial charge in [-0.2, -0.15) is 9.36 Å². The molecule has 7 nitrogen and oxygen atoms in total. The predicted octanol–water partition coefficient (Wildman–Crippen LogP) is -0.631. The summed E-state index contributed by atoms with van der Waals surface area (Å²) in [6.45, 7) is 1.21. The fourth-order valence-electron chi connectivity index (χ4n) is 1.67. The summed E-state index contributed by atoms with van der Waals surface area (Å²) in [6, 6.07) is 4.15. The van der Waals surface area contributed by atoms with E-state index in [0.717, 1.165) is 12.8 Å². The zero-order valence-corrected chi connectivity index (χ0v) is 10.4. The molecule has 7 heteroatoms. The molecular weight excluding hydrogens is 232 g/mol. The third-order valence-electron chi connectivity index (χ3n) is 2.56. The van der Waals surface area contributed by atoms with E-state index in [4.69, 9.17) is 5.90 Å². The van der Waals surface area contributed by atoms with E-state index in [-0.39, 0.29) is 0 Å². The predicted molar refractivity (Wildman–Crippen MR) is 63.0 cm³/mol. The highest BCUT2D eigenvalue weighted by Gasteiger charge is 2.07. The topological polar surface area (TPSA) is 82.7 Å². The molecule has 0 unspecified atom stereocenters. The molecule has 0 aliphatic rings. The molecule has 96 valence electrons. The highest BCUT2D eigenvalue weighted by atomic mass is 16.6. The summed E-state index contributed by atoms with van der Waals surface area (Å²) in [5.74, 6) is 5.68. The van der Waals surface area contributed by atoms with Crippen LogP contribution in [0.15, 0.2) is 24.5 Å². The standard InChI is InChI=1S/C11H17N6O/c1-16-14-11(13-15-16)9-17-6-4-10(5-7-17)3-2-8-18-12/h4-7H,2-3,8-9,12H2,1H3/q+1. The monoisotopic (exact) mass is 249 g/mol. The normalized spacial score (nSPS) is 10.8. The van der Waals surface area contributed by atoms with E-state index in [2.05, 4.69) is 32.4 Å². The Kier molecular flexibility index (Phi) is 4.32. The Morgan fingerprint density at radius 2 is 2.17 bits per heavy atom. The zero-order chi connectivity index (χ0) is 12.8. The quantitative estimate of drug-likeness (QED) is 0.418. The van der Waals surface area contributed by atoms with Crippen LogP contribution in [0.1, 0.15) is 17.8 Å². The summed E-state index contributed by atoms with van der Waals surface area (Å²) >= 11 is 0. The first-order chi connectivity index (χ1) is 8.78. The summed E-state index contributed by atoms with van der Waals surface area (Å²) in [7, 11) is 1.75. The SMILES string of the molecule is Cn1nnc(C[n+]2ccc(CCCON)cc2)n1. The van der Waals surface area contributed by atoms with Crippen molar-refractivity contribution in [3.63, 3.8) is 0 Å². The summed E-state index contributed by atoms with van der Waals surface area (Å²) < 4.78 is 2.01. The van der Waals surface area contributed by atoms with Crippen molar-refractivity contribution in [2.75, 3.05) is 6.61 Å². The van der Waals surface area contributed by atoms with Crippen molar-refractivity contribution >= 4 is 0 Å². The van der Waals surface area contributed by atoms with Crippen LogP contribution in [0, 0.1) is 0 Å². The third kappa shape index (κ3) is 3.57. The van der Waals surface area contributed by atoms with Crippen LogP contribution >= 0.6 is 0 Å². The molecule has 0 radical (unpaired) electrons. The Morgan fingerprint density at radius 3 is 2.78 bits per heavy atom. The van der Waals surface area contributed by atoms with Crippen LogP contribution in [-0.4, -0.2) is 26.8 Å². The van der Waals surface area contributed by atoms with Crippen molar-refractivity contribution in [1.29, 1.82) is 0 Å². The van der Waals surface area contributed by atoms with Gasteiger partial charge in [-0.25, -0.2) is 5.90 Å². The van der Waals surface area contributed by atoms with Gasteiger partial charge in [-0.05, 0) is 23.6 Å². The van der Waals surface area contributed by atoms with Gasteiger partial charge in [-0.1, -0.05) is 0 Å².